The molecule has 142 valence electrons. The summed E-state index contributed by atoms with van der Waals surface area (Å²) in [6.07, 6.45) is 0. The zero-order valence-electron chi connectivity index (χ0n) is 13.8. The van der Waals surface area contributed by atoms with Crippen LogP contribution in [0.5, 0.6) is 5.75 Å². The van der Waals surface area contributed by atoms with Gasteiger partial charge in [0.15, 0.2) is 5.96 Å². The van der Waals surface area contributed by atoms with Gasteiger partial charge >= 0.3 is 0 Å². The Kier molecular flexibility index (Phi) is 15.4. The van der Waals surface area contributed by atoms with Crippen LogP contribution >= 0.6 is 0 Å². The molecule has 0 radical (unpaired) electrons. The fraction of sp³-hybridized carbons (Fsp3) is 0.579. The van der Waals surface area contributed by atoms with Gasteiger partial charge in [0.2, 0.25) is 0 Å². The normalized spacial score (nSPS) is 9.58. The number of aliphatic imine (C=N–C) groups is 1. The third-order valence-corrected chi connectivity index (χ3v) is 2.04. The predicted octanol–water partition coefficient (Wildman–Crippen LogP) is 4.60. The van der Waals surface area contributed by atoms with E-state index in [1.807, 2.05) is 51.1 Å². The lowest BCUT2D eigenvalue weighted by molar-refractivity contribution is -0.124. The standard InChI is InChI=1S/C10H14O.C6H13N3O.3CH4/c1-10(2,3)11-9-7-5-4-6-8-9;1-6(2,3)4(10)9-5(7)8;;;/h4-8H,1-3H3;1-3H3,(H4,7,8,9,10);3*1H4. The number of nitrogens with zero attached hydrogens (tertiary/aromatic N) is 1. The molecule has 1 aromatic carbocycles. The molecule has 0 atom stereocenters. The largest absolute Gasteiger partial charge is 0.488 e. The van der Waals surface area contributed by atoms with Crippen molar-refractivity contribution in [3.63, 3.8) is 0 Å². The fourth-order valence-electron chi connectivity index (χ4n) is 1.13. The lowest BCUT2D eigenvalue weighted by Gasteiger charge is -2.20. The highest BCUT2D eigenvalue weighted by Crippen LogP contribution is 2.16. The van der Waals surface area contributed by atoms with Crippen LogP contribution in [0.4, 0.5) is 0 Å². The number of rotatable bonds is 1. The molecular formula is C19H39N3O2. The van der Waals surface area contributed by atoms with E-state index in [2.05, 4.69) is 4.99 Å². The van der Waals surface area contributed by atoms with Crippen LogP contribution in [0.1, 0.15) is 63.8 Å². The first-order valence-corrected chi connectivity index (χ1v) is 6.80. The number of benzene rings is 1. The first-order valence-electron chi connectivity index (χ1n) is 6.80. The van der Waals surface area contributed by atoms with Crippen molar-refractivity contribution in [1.29, 1.82) is 0 Å². The van der Waals surface area contributed by atoms with Gasteiger partial charge in [0.25, 0.3) is 5.91 Å². The van der Waals surface area contributed by atoms with E-state index in [-0.39, 0.29) is 39.7 Å². The number of amides is 1. The van der Waals surface area contributed by atoms with Crippen molar-refractivity contribution in [2.24, 2.45) is 21.9 Å². The van der Waals surface area contributed by atoms with Crippen molar-refractivity contribution in [2.45, 2.75) is 69.4 Å². The van der Waals surface area contributed by atoms with Crippen molar-refractivity contribution < 1.29 is 9.53 Å². The molecule has 0 bridgehead atoms. The number of nitrogens with two attached hydrogens (primary N) is 2. The summed E-state index contributed by atoms with van der Waals surface area (Å²) in [7, 11) is 0. The molecule has 0 saturated carbocycles. The Labute approximate surface area is 149 Å². The van der Waals surface area contributed by atoms with Gasteiger partial charge < -0.3 is 16.2 Å². The number of hydrogen-bond donors (Lipinski definition) is 2. The quantitative estimate of drug-likeness (QED) is 0.576. The highest BCUT2D eigenvalue weighted by Gasteiger charge is 2.20. The van der Waals surface area contributed by atoms with Gasteiger partial charge in [-0.15, -0.1) is 0 Å². The molecule has 0 heterocycles. The fourth-order valence-corrected chi connectivity index (χ4v) is 1.13. The van der Waals surface area contributed by atoms with E-state index >= 15 is 0 Å². The van der Waals surface area contributed by atoms with Crippen LogP contribution < -0.4 is 16.2 Å². The van der Waals surface area contributed by atoms with E-state index in [0.717, 1.165) is 5.75 Å². The Morgan fingerprint density at radius 1 is 0.917 bits per heavy atom. The van der Waals surface area contributed by atoms with Crippen LogP contribution in [0.25, 0.3) is 0 Å². The minimum Gasteiger partial charge on any atom is -0.488 e. The summed E-state index contributed by atoms with van der Waals surface area (Å²) in [6, 6.07) is 9.86. The average Bonchev–Trinajstić information content (AvgIpc) is 2.26. The molecule has 5 nitrogen and oxygen atoms in total. The number of guanidine groups is 1. The van der Waals surface area contributed by atoms with Gasteiger partial charge in [-0.25, -0.2) is 0 Å². The van der Waals surface area contributed by atoms with Crippen LogP contribution in [0.2, 0.25) is 0 Å². The van der Waals surface area contributed by atoms with Gasteiger partial charge in [0, 0.05) is 5.41 Å². The first kappa shape index (κ1) is 29.9. The topological polar surface area (TPSA) is 90.7 Å². The van der Waals surface area contributed by atoms with Gasteiger partial charge in [0.05, 0.1) is 0 Å². The summed E-state index contributed by atoms with van der Waals surface area (Å²) in [4.78, 5) is 14.3. The monoisotopic (exact) mass is 341 g/mol. The molecule has 5 heteroatoms. The second-order valence-electron chi connectivity index (χ2n) is 6.62. The van der Waals surface area contributed by atoms with E-state index in [0.29, 0.717) is 0 Å². The van der Waals surface area contributed by atoms with Gasteiger partial charge in [-0.1, -0.05) is 61.3 Å². The highest BCUT2D eigenvalue weighted by molar-refractivity contribution is 5.93. The van der Waals surface area contributed by atoms with Crippen LogP contribution in [-0.4, -0.2) is 17.5 Å². The number of ether oxygens (including phenoxy) is 1. The Morgan fingerprint density at radius 2 is 1.33 bits per heavy atom. The van der Waals surface area contributed by atoms with E-state index in [1.165, 1.54) is 0 Å². The van der Waals surface area contributed by atoms with Crippen LogP contribution in [-0.2, 0) is 4.79 Å². The van der Waals surface area contributed by atoms with Crippen molar-refractivity contribution in [3.8, 4) is 5.75 Å². The molecule has 24 heavy (non-hydrogen) atoms. The van der Waals surface area contributed by atoms with Crippen molar-refractivity contribution >= 4 is 11.9 Å². The maximum absolute atomic E-state index is 10.9. The van der Waals surface area contributed by atoms with Gasteiger partial charge in [-0.05, 0) is 32.9 Å². The summed E-state index contributed by atoms with van der Waals surface area (Å²) in [6.45, 7) is 11.4. The second-order valence-corrected chi connectivity index (χ2v) is 6.62. The molecule has 4 N–H and O–H groups in total. The SMILES string of the molecule is C.C.C.CC(C)(C)C(=O)N=C(N)N.CC(C)(C)Oc1ccccc1. The number of hydrogen-bond acceptors (Lipinski definition) is 2. The Balaban J connectivity index is -0.000000149. The van der Waals surface area contributed by atoms with Crippen molar-refractivity contribution in [3.05, 3.63) is 30.3 Å². The van der Waals surface area contributed by atoms with E-state index in [9.17, 15) is 4.79 Å². The minimum absolute atomic E-state index is 0. The molecule has 0 fully saturated rings. The predicted molar refractivity (Wildman–Crippen MR) is 107 cm³/mol. The van der Waals surface area contributed by atoms with Gasteiger partial charge in [-0.3, -0.25) is 4.79 Å². The number of para-hydroxylation sites is 1. The Hall–Kier alpha value is -2.04. The summed E-state index contributed by atoms with van der Waals surface area (Å²) in [5.41, 5.74) is 9.40. The molecule has 0 aliphatic carbocycles. The van der Waals surface area contributed by atoms with Crippen LogP contribution in [0, 0.1) is 5.41 Å². The molecule has 1 rings (SSSR count). The number of carbonyl (C=O) groups excluding carboxylic acids is 1. The lowest BCUT2D eigenvalue weighted by Crippen LogP contribution is -2.28. The zero-order valence-corrected chi connectivity index (χ0v) is 13.8. The molecule has 1 amide bonds. The minimum atomic E-state index is -0.496. The second kappa shape index (κ2) is 12.4. The molecule has 1 aromatic rings. The molecule has 0 aromatic heterocycles. The van der Waals surface area contributed by atoms with Crippen LogP contribution in [0.3, 0.4) is 0 Å². The van der Waals surface area contributed by atoms with E-state index in [1.54, 1.807) is 20.8 Å². The van der Waals surface area contributed by atoms with Crippen molar-refractivity contribution in [1.82, 2.24) is 0 Å². The zero-order chi connectivity index (χ0) is 16.7. The summed E-state index contributed by atoms with van der Waals surface area (Å²) < 4.78 is 5.60. The van der Waals surface area contributed by atoms with Crippen molar-refractivity contribution in [2.75, 3.05) is 0 Å². The van der Waals surface area contributed by atoms with Crippen LogP contribution in [0.15, 0.2) is 35.3 Å². The summed E-state index contributed by atoms with van der Waals surface area (Å²) in [5, 5.41) is 0. The lowest BCUT2D eigenvalue weighted by atomic mass is 9.96. The third-order valence-electron chi connectivity index (χ3n) is 2.04. The maximum Gasteiger partial charge on any atom is 0.254 e. The molecular weight excluding hydrogens is 302 g/mol. The van der Waals surface area contributed by atoms with E-state index < -0.39 is 5.41 Å². The Morgan fingerprint density at radius 3 is 1.58 bits per heavy atom. The smallest absolute Gasteiger partial charge is 0.254 e. The third kappa shape index (κ3) is 16.3. The maximum atomic E-state index is 10.9. The molecule has 0 aliphatic heterocycles. The first-order chi connectivity index (χ1) is 9.42. The molecule has 0 saturated heterocycles. The van der Waals surface area contributed by atoms with E-state index in [4.69, 9.17) is 16.2 Å². The Bertz CT molecular complexity index is 466. The highest BCUT2D eigenvalue weighted by atomic mass is 16.5. The molecule has 0 aliphatic rings. The average molecular weight is 342 g/mol. The molecule has 0 spiro atoms. The molecule has 0 unspecified atom stereocenters. The summed E-state index contributed by atoms with van der Waals surface area (Å²) >= 11 is 0. The number of carbonyl (C=O) groups is 1. The van der Waals surface area contributed by atoms with Gasteiger partial charge in [0.1, 0.15) is 11.4 Å². The van der Waals surface area contributed by atoms with Gasteiger partial charge in [-0.2, -0.15) is 4.99 Å². The summed E-state index contributed by atoms with van der Waals surface area (Å²) in [5.74, 6) is 0.451.